The van der Waals surface area contributed by atoms with Crippen molar-refractivity contribution in [3.63, 3.8) is 0 Å². The van der Waals surface area contributed by atoms with E-state index < -0.39 is 137 Å². The summed E-state index contributed by atoms with van der Waals surface area (Å²) in [5.41, 5.74) is 2.41. The lowest BCUT2D eigenvalue weighted by Crippen LogP contribution is -2.62. The van der Waals surface area contributed by atoms with E-state index in [0.717, 1.165) is 52.8 Å². The molecular weight excluding hydrogens is 1050 g/mol. The number of anilines is 1. The molecule has 0 aromatic heterocycles. The fraction of sp³-hybridized carbons (Fsp3) is 0.559. The number of rotatable bonds is 17. The smallest absolute Gasteiger partial charge is 0.347 e. The maximum absolute atomic E-state index is 16.1. The Labute approximate surface area is 470 Å². The topological polar surface area (TPSA) is 239 Å². The van der Waals surface area contributed by atoms with Crippen LogP contribution in [0.2, 0.25) is 0 Å². The molecule has 9 atom stereocenters. The predicted octanol–water partition coefficient (Wildman–Crippen LogP) is 4.90. The van der Waals surface area contributed by atoms with Gasteiger partial charge in [-0.15, -0.1) is 0 Å². The fourth-order valence-electron chi connectivity index (χ4n) is 11.1. The average molecular weight is 1130 g/mol. The van der Waals surface area contributed by atoms with Gasteiger partial charge in [0.05, 0.1) is 24.2 Å². The number of alkyl halides is 4. The van der Waals surface area contributed by atoms with Gasteiger partial charge in [-0.3, -0.25) is 38.4 Å². The Morgan fingerprint density at radius 2 is 1.04 bits per heavy atom. The highest BCUT2D eigenvalue weighted by atomic mass is 19.3. The number of likely N-dealkylation sites (tertiary alicyclic amines) is 1. The molecule has 3 aromatic carbocycles. The van der Waals surface area contributed by atoms with E-state index in [1.165, 1.54) is 23.1 Å². The normalized spacial score (nSPS) is 21.6. The Morgan fingerprint density at radius 3 is 1.53 bits per heavy atom. The van der Waals surface area contributed by atoms with Crippen LogP contribution in [0.5, 0.6) is 0 Å². The summed E-state index contributed by atoms with van der Waals surface area (Å²) in [5, 5.41) is 21.0. The number of aryl methyl sites for hydroxylation is 2. The highest BCUT2D eigenvalue weighted by Gasteiger charge is 2.67. The van der Waals surface area contributed by atoms with Gasteiger partial charge in [0.1, 0.15) is 24.2 Å². The van der Waals surface area contributed by atoms with Gasteiger partial charge in [0.15, 0.2) is 0 Å². The number of halogens is 4. The highest BCUT2D eigenvalue weighted by molar-refractivity contribution is 6.02. The first-order valence-corrected chi connectivity index (χ1v) is 27.8. The average Bonchev–Trinajstić information content (AvgIpc) is 3.93. The Kier molecular flexibility index (Phi) is 18.8. The van der Waals surface area contributed by atoms with E-state index in [-0.39, 0.29) is 24.6 Å². The molecule has 1 saturated heterocycles. The third kappa shape index (κ3) is 13.5. The van der Waals surface area contributed by atoms with Crippen molar-refractivity contribution in [2.45, 2.75) is 180 Å². The van der Waals surface area contributed by atoms with E-state index >= 15 is 17.6 Å². The molecule has 2 heterocycles. The summed E-state index contributed by atoms with van der Waals surface area (Å²) in [4.78, 5) is 114. The molecule has 4 aliphatic rings. The van der Waals surface area contributed by atoms with E-state index in [2.05, 4.69) is 31.9 Å². The zero-order valence-corrected chi connectivity index (χ0v) is 47.8. The number of fused-ring (bicyclic) bond motifs is 3. The molecule has 0 spiro atoms. The summed E-state index contributed by atoms with van der Waals surface area (Å²) >= 11 is 0. The quantitative estimate of drug-likeness (QED) is 0.0852. The van der Waals surface area contributed by atoms with Crippen LogP contribution in [0.3, 0.4) is 0 Å². The number of hydrogen-bond donors (Lipinski definition) is 8. The first kappa shape index (κ1) is 61.7. The van der Waals surface area contributed by atoms with Crippen LogP contribution in [-0.2, 0) is 64.2 Å². The van der Waals surface area contributed by atoms with E-state index in [1.807, 2.05) is 59.2 Å². The summed E-state index contributed by atoms with van der Waals surface area (Å²) in [6.07, 6.45) is 3.77. The van der Waals surface area contributed by atoms with Gasteiger partial charge in [-0.05, 0) is 129 Å². The molecule has 8 N–H and O–H groups in total. The second-order valence-electron chi connectivity index (χ2n) is 24.1. The van der Waals surface area contributed by atoms with Crippen LogP contribution in [0, 0.1) is 10.8 Å². The molecule has 2 aliphatic heterocycles. The highest BCUT2D eigenvalue weighted by Crippen LogP contribution is 2.39. The molecule has 9 unspecified atom stereocenters. The van der Waals surface area contributed by atoms with Gasteiger partial charge >= 0.3 is 17.8 Å². The standard InChI is InChI=1S/C59H78F4N10O8/c1-32(64-9)48(74)70-46(56(3,4)5)52(78)72-30-37-27-38(26-25-36(37)28-44(72)50(76)68-42-23-15-19-34-17-11-13-21-40(34)42)66-54(80)58(60,61)59(62,63)55(81)67-39-29-45(51(77)69-43-24-16-20-35-18-12-14-22-41(35)43)73(31-39)53(79)47(57(6,7)8)71-49(75)33(2)65-10/h11-14,17-18,21-22,25-27,32-33,39,42-47,64-65H,15-16,19-20,23-24,28-31H2,1-10H3,(H,66,80)(H,67,81)(H,68,76)(H,69,77)(H,70,74)(H,71,75). The molecule has 22 heteroatoms. The lowest BCUT2D eigenvalue weighted by atomic mass is 9.83. The van der Waals surface area contributed by atoms with Crippen molar-refractivity contribution in [2.24, 2.45) is 10.8 Å². The van der Waals surface area contributed by atoms with Crippen molar-refractivity contribution in [1.82, 2.24) is 47.0 Å². The zero-order valence-electron chi connectivity index (χ0n) is 47.8. The van der Waals surface area contributed by atoms with E-state index in [0.29, 0.717) is 18.4 Å². The maximum Gasteiger partial charge on any atom is 0.395 e. The first-order valence-electron chi connectivity index (χ1n) is 27.8. The predicted molar refractivity (Wildman–Crippen MR) is 295 cm³/mol. The van der Waals surface area contributed by atoms with Crippen molar-refractivity contribution in [3.8, 4) is 0 Å². The molecule has 3 aromatic rings. The van der Waals surface area contributed by atoms with E-state index in [9.17, 15) is 38.4 Å². The summed E-state index contributed by atoms with van der Waals surface area (Å²) < 4.78 is 64.2. The maximum atomic E-state index is 16.1. The van der Waals surface area contributed by atoms with Gasteiger partial charge in [-0.2, -0.15) is 17.6 Å². The molecule has 2 aliphatic carbocycles. The van der Waals surface area contributed by atoms with Crippen molar-refractivity contribution in [1.29, 1.82) is 0 Å². The largest absolute Gasteiger partial charge is 0.395 e. The van der Waals surface area contributed by atoms with Gasteiger partial charge < -0.3 is 52.3 Å². The lowest BCUT2D eigenvalue weighted by Gasteiger charge is -2.42. The number of benzene rings is 3. The second kappa shape index (κ2) is 24.6. The molecule has 81 heavy (non-hydrogen) atoms. The van der Waals surface area contributed by atoms with Crippen LogP contribution in [-0.4, -0.2) is 132 Å². The minimum atomic E-state index is -5.70. The number of amides is 8. The van der Waals surface area contributed by atoms with Crippen LogP contribution in [0.4, 0.5) is 23.2 Å². The fourth-order valence-corrected chi connectivity index (χ4v) is 11.1. The molecule has 7 rings (SSSR count). The number of hydrogen-bond acceptors (Lipinski definition) is 10. The van der Waals surface area contributed by atoms with Crippen molar-refractivity contribution in [3.05, 3.63) is 100 Å². The second-order valence-corrected chi connectivity index (χ2v) is 24.1. The summed E-state index contributed by atoms with van der Waals surface area (Å²) in [7, 11) is 3.12. The molecule has 1 fully saturated rings. The molecule has 0 bridgehead atoms. The van der Waals surface area contributed by atoms with E-state index in [1.54, 1.807) is 69.5 Å². The molecule has 18 nitrogen and oxygen atoms in total. The van der Waals surface area contributed by atoms with Crippen molar-refractivity contribution < 1.29 is 55.9 Å². The van der Waals surface area contributed by atoms with Gasteiger partial charge in [0.2, 0.25) is 35.4 Å². The third-order valence-electron chi connectivity index (χ3n) is 16.2. The van der Waals surface area contributed by atoms with Crippen LogP contribution in [0.15, 0.2) is 66.7 Å². The van der Waals surface area contributed by atoms with Gasteiger partial charge in [0.25, 0.3) is 5.91 Å². The molecular formula is C59H78F4N10O8. The Balaban J connectivity index is 1.11. The molecule has 0 saturated carbocycles. The summed E-state index contributed by atoms with van der Waals surface area (Å²) in [5.74, 6) is -20.1. The number of carbonyl (C=O) groups excluding carboxylic acids is 8. The SMILES string of the molecule is CNC(C)C(=O)NC(C(=O)N1Cc2cc(NC(=O)C(F)(F)C(F)(F)C(=O)NC3CC(C(=O)NC4CCCc5ccccc54)N(C(=O)C(NC(=O)C(C)NC)C(C)(C)C)C3)ccc2CC1C(=O)NC1CCCc2ccccc21)C(C)(C)C. The van der Waals surface area contributed by atoms with Gasteiger partial charge in [-0.25, -0.2) is 0 Å². The number of nitrogens with zero attached hydrogens (tertiary/aromatic N) is 2. The summed E-state index contributed by atoms with van der Waals surface area (Å²) in [6.45, 7) is 12.5. The van der Waals surface area contributed by atoms with Gasteiger partial charge in [0, 0.05) is 31.2 Å². The molecule has 0 radical (unpaired) electrons. The zero-order chi connectivity index (χ0) is 59.5. The molecule has 440 valence electrons. The van der Waals surface area contributed by atoms with Crippen LogP contribution in [0.1, 0.15) is 133 Å². The number of nitrogens with one attached hydrogen (secondary N) is 8. The van der Waals surface area contributed by atoms with Crippen molar-refractivity contribution in [2.75, 3.05) is 26.0 Å². The van der Waals surface area contributed by atoms with E-state index in [4.69, 9.17) is 0 Å². The third-order valence-corrected chi connectivity index (χ3v) is 16.2. The van der Waals surface area contributed by atoms with Gasteiger partial charge in [-0.1, -0.05) is 96.1 Å². The Bertz CT molecular complexity index is 2890. The van der Waals surface area contributed by atoms with Crippen LogP contribution in [0.25, 0.3) is 0 Å². The summed E-state index contributed by atoms with van der Waals surface area (Å²) in [6, 6.07) is 10.3. The number of likely N-dealkylation sites (N-methyl/N-ethyl adjacent to an activating group) is 2. The van der Waals surface area contributed by atoms with Crippen LogP contribution >= 0.6 is 0 Å². The minimum Gasteiger partial charge on any atom is -0.347 e. The first-order chi connectivity index (χ1) is 38.0. The lowest BCUT2D eigenvalue weighted by molar-refractivity contribution is -0.208. The monoisotopic (exact) mass is 1130 g/mol. The van der Waals surface area contributed by atoms with Crippen LogP contribution < -0.4 is 42.5 Å². The Hall–Kier alpha value is -6.94. The Morgan fingerprint density at radius 1 is 0.568 bits per heavy atom. The number of carbonyl (C=O) groups is 8. The molecule has 8 amide bonds. The minimum absolute atomic E-state index is 0.0794. The van der Waals surface area contributed by atoms with Crippen molar-refractivity contribution >= 4 is 52.9 Å².